The van der Waals surface area contributed by atoms with Gasteiger partial charge in [0, 0.05) is 12.3 Å². The number of ketones is 2. The second-order valence-corrected chi connectivity index (χ2v) is 12.3. The zero-order valence-electron chi connectivity index (χ0n) is 20.4. The van der Waals surface area contributed by atoms with Crippen molar-refractivity contribution < 1.29 is 9.59 Å². The quantitative estimate of drug-likeness (QED) is 0.440. The fourth-order valence-corrected chi connectivity index (χ4v) is 8.98. The highest BCUT2D eigenvalue weighted by Crippen LogP contribution is 2.66. The summed E-state index contributed by atoms with van der Waals surface area (Å²) in [5.74, 6) is 2.71. The van der Waals surface area contributed by atoms with Crippen molar-refractivity contribution in [1.29, 1.82) is 0 Å². The van der Waals surface area contributed by atoms with Gasteiger partial charge in [0.1, 0.15) is 16.9 Å². The molecule has 0 N–H and O–H groups in total. The van der Waals surface area contributed by atoms with Crippen molar-refractivity contribution in [1.82, 2.24) is 19.5 Å². The van der Waals surface area contributed by atoms with Gasteiger partial charge in [-0.1, -0.05) is 19.4 Å². The number of hydrogen-bond donors (Lipinski definition) is 0. The van der Waals surface area contributed by atoms with Crippen LogP contribution in [0.4, 0.5) is 0 Å². The van der Waals surface area contributed by atoms with Gasteiger partial charge in [0.2, 0.25) is 0 Å². The lowest BCUT2D eigenvalue weighted by molar-refractivity contribution is -0.131. The summed E-state index contributed by atoms with van der Waals surface area (Å²) in [6.07, 6.45) is 15.7. The highest BCUT2D eigenvalue weighted by molar-refractivity contribution is 7.98. The summed E-state index contributed by atoms with van der Waals surface area (Å²) in [4.78, 5) is 39.0. The molecule has 2 aromatic heterocycles. The van der Waals surface area contributed by atoms with E-state index in [-0.39, 0.29) is 16.7 Å². The van der Waals surface area contributed by atoms with E-state index < -0.39 is 0 Å². The fraction of sp³-hybridized carbons (Fsp3) is 0.667. The first-order chi connectivity index (χ1) is 16.3. The number of nitrogens with zero attached hydrogens (tertiary/aromatic N) is 4. The smallest absolute Gasteiger partial charge is 0.164 e. The number of thioether (sulfide) groups is 1. The van der Waals surface area contributed by atoms with Crippen LogP contribution in [0, 0.1) is 34.5 Å². The number of aromatic nitrogens is 4. The minimum Gasteiger partial charge on any atom is -0.308 e. The number of carbonyl (C=O) groups is 2. The standard InChI is InChI=1S/C27H34N4O2S/c1-26-10-8-17(32)12-16(26)4-5-18-19-6-7-21(27(19,2)11-9-20(18)26)22(33)13-31-15-30-23-24(31)28-14-29-25(23)34-3/h12,14-15,18-21H,4-11,13H2,1-3H3/t18-,19+,20-,21-,26-,27-/m1/s1. The van der Waals surface area contributed by atoms with Crippen LogP contribution in [0.3, 0.4) is 0 Å². The first-order valence-electron chi connectivity index (χ1n) is 12.8. The van der Waals surface area contributed by atoms with Gasteiger partial charge in [-0.3, -0.25) is 9.59 Å². The van der Waals surface area contributed by atoms with Gasteiger partial charge in [-0.2, -0.15) is 0 Å². The topological polar surface area (TPSA) is 77.7 Å². The van der Waals surface area contributed by atoms with E-state index in [1.54, 1.807) is 24.4 Å². The van der Waals surface area contributed by atoms with Crippen molar-refractivity contribution in [3.63, 3.8) is 0 Å². The van der Waals surface area contributed by atoms with Crippen LogP contribution >= 0.6 is 11.8 Å². The lowest BCUT2D eigenvalue weighted by atomic mass is 9.46. The van der Waals surface area contributed by atoms with Crippen LogP contribution in [0.15, 0.2) is 29.3 Å². The number of Topliss-reactive ketones (excluding diaryl/α,β-unsaturated/α-hetero) is 1. The Balaban J connectivity index is 1.24. The van der Waals surface area contributed by atoms with Crippen molar-refractivity contribution in [2.45, 2.75) is 76.8 Å². The van der Waals surface area contributed by atoms with Gasteiger partial charge in [0.15, 0.2) is 17.2 Å². The number of fused-ring (bicyclic) bond motifs is 6. The normalized spacial score (nSPS) is 37.1. The van der Waals surface area contributed by atoms with Crippen LogP contribution in [0.25, 0.3) is 11.2 Å². The first-order valence-corrected chi connectivity index (χ1v) is 14.0. The maximum atomic E-state index is 13.7. The van der Waals surface area contributed by atoms with Crippen molar-refractivity contribution in [2.24, 2.45) is 34.5 Å². The summed E-state index contributed by atoms with van der Waals surface area (Å²) in [6, 6.07) is 0. The molecule has 3 saturated carbocycles. The molecule has 0 aliphatic heterocycles. The van der Waals surface area contributed by atoms with E-state index >= 15 is 0 Å². The summed E-state index contributed by atoms with van der Waals surface area (Å²) >= 11 is 1.55. The Morgan fingerprint density at radius 2 is 1.94 bits per heavy atom. The number of hydrogen-bond acceptors (Lipinski definition) is 6. The monoisotopic (exact) mass is 478 g/mol. The molecule has 3 fully saturated rings. The van der Waals surface area contributed by atoms with Gasteiger partial charge >= 0.3 is 0 Å². The van der Waals surface area contributed by atoms with Gasteiger partial charge in [0.05, 0.1) is 12.9 Å². The Bertz CT molecular complexity index is 1200. The molecule has 0 spiro atoms. The maximum Gasteiger partial charge on any atom is 0.164 e. The summed E-state index contributed by atoms with van der Waals surface area (Å²) in [5.41, 5.74) is 3.21. The van der Waals surface area contributed by atoms with E-state index in [9.17, 15) is 9.59 Å². The van der Waals surface area contributed by atoms with Crippen LogP contribution in [0.1, 0.15) is 65.2 Å². The second kappa shape index (κ2) is 8.00. The van der Waals surface area contributed by atoms with Crippen LogP contribution in [0.5, 0.6) is 0 Å². The van der Waals surface area contributed by atoms with E-state index in [2.05, 4.69) is 28.8 Å². The van der Waals surface area contributed by atoms with Crippen LogP contribution in [-0.2, 0) is 16.1 Å². The molecule has 6 rings (SSSR count). The molecule has 0 radical (unpaired) electrons. The highest BCUT2D eigenvalue weighted by atomic mass is 32.2. The molecule has 180 valence electrons. The highest BCUT2D eigenvalue weighted by Gasteiger charge is 2.60. The van der Waals surface area contributed by atoms with E-state index in [0.29, 0.717) is 42.3 Å². The molecule has 6 nitrogen and oxygen atoms in total. The Morgan fingerprint density at radius 3 is 2.76 bits per heavy atom. The molecule has 4 aliphatic carbocycles. The first kappa shape index (κ1) is 22.4. The summed E-state index contributed by atoms with van der Waals surface area (Å²) < 4.78 is 1.92. The van der Waals surface area contributed by atoms with Gasteiger partial charge < -0.3 is 4.57 Å². The third-order valence-corrected chi connectivity index (χ3v) is 10.9. The van der Waals surface area contributed by atoms with Crippen molar-refractivity contribution in [3.8, 4) is 0 Å². The molecular weight excluding hydrogens is 444 g/mol. The minimum absolute atomic E-state index is 0.0795. The maximum absolute atomic E-state index is 13.7. The van der Waals surface area contributed by atoms with Crippen LogP contribution < -0.4 is 0 Å². The Labute approximate surface area is 205 Å². The van der Waals surface area contributed by atoms with Gasteiger partial charge in [-0.25, -0.2) is 15.0 Å². The number of allylic oxidation sites excluding steroid dienone is 1. The van der Waals surface area contributed by atoms with Gasteiger partial charge in [-0.05, 0) is 85.9 Å². The summed E-state index contributed by atoms with van der Waals surface area (Å²) in [7, 11) is 0. The Hall–Kier alpha value is -2.02. The van der Waals surface area contributed by atoms with Crippen molar-refractivity contribution in [2.75, 3.05) is 6.26 Å². The van der Waals surface area contributed by atoms with E-state index in [1.807, 2.05) is 16.9 Å². The molecule has 7 heteroatoms. The fourth-order valence-electron chi connectivity index (χ4n) is 8.49. The number of imidazole rings is 1. The molecule has 0 unspecified atom stereocenters. The van der Waals surface area contributed by atoms with Crippen molar-refractivity contribution in [3.05, 3.63) is 24.3 Å². The summed E-state index contributed by atoms with van der Waals surface area (Å²) in [5, 5.41) is 0.853. The molecule has 0 aromatic carbocycles. The van der Waals surface area contributed by atoms with Gasteiger partial charge in [-0.15, -0.1) is 11.8 Å². The minimum atomic E-state index is 0.0795. The predicted molar refractivity (Wildman–Crippen MR) is 132 cm³/mol. The van der Waals surface area contributed by atoms with Crippen molar-refractivity contribution >= 4 is 34.5 Å². The molecule has 2 aromatic rings. The molecule has 0 amide bonds. The zero-order chi connectivity index (χ0) is 23.7. The van der Waals surface area contributed by atoms with Crippen LogP contribution in [-0.4, -0.2) is 37.3 Å². The number of carbonyl (C=O) groups excluding carboxylic acids is 2. The SMILES string of the molecule is CSc1ncnc2c1ncn2CC(=O)[C@H]1CC[C@H]2[C@H]3CCC4=CC(=O)CC[C@@]4(C)[C@@H]3CC[C@@]12C. The van der Waals surface area contributed by atoms with Gasteiger partial charge in [0.25, 0.3) is 0 Å². The van der Waals surface area contributed by atoms with E-state index in [1.165, 1.54) is 18.4 Å². The largest absolute Gasteiger partial charge is 0.308 e. The molecular formula is C27H34N4O2S. The lowest BCUT2D eigenvalue weighted by Gasteiger charge is -2.58. The average molecular weight is 479 g/mol. The predicted octanol–water partition coefficient (Wildman–Crippen LogP) is 5.27. The Morgan fingerprint density at radius 1 is 1.09 bits per heavy atom. The van der Waals surface area contributed by atoms with Crippen LogP contribution in [0.2, 0.25) is 0 Å². The average Bonchev–Trinajstić information content (AvgIpc) is 3.40. The number of rotatable bonds is 4. The second-order valence-electron chi connectivity index (χ2n) is 11.5. The molecule has 0 bridgehead atoms. The zero-order valence-corrected chi connectivity index (χ0v) is 21.2. The van der Waals surface area contributed by atoms with E-state index in [4.69, 9.17) is 0 Å². The molecule has 6 atom stereocenters. The molecule has 0 saturated heterocycles. The molecule has 4 aliphatic rings. The Kier molecular flexibility index (Phi) is 5.28. The lowest BCUT2D eigenvalue weighted by Crippen LogP contribution is -2.51. The third-order valence-electron chi connectivity index (χ3n) is 10.2. The van der Waals surface area contributed by atoms with E-state index in [0.717, 1.165) is 48.3 Å². The molecule has 2 heterocycles. The molecule has 34 heavy (non-hydrogen) atoms. The summed E-state index contributed by atoms with van der Waals surface area (Å²) in [6.45, 7) is 5.17. The third kappa shape index (κ3) is 3.18.